The van der Waals surface area contributed by atoms with Crippen molar-refractivity contribution in [1.82, 2.24) is 5.32 Å². The van der Waals surface area contributed by atoms with Crippen molar-refractivity contribution < 1.29 is 14.3 Å². The SMILES string of the molecule is CCOC(=O)NC(CN=C(N)Nc1ccccc1COC)CC(C)C. The standard InChI is InChI=1S/C18H30N4O3/c1-5-25-18(23)21-15(10-13(2)3)11-20-17(19)22-16-9-7-6-8-14(16)12-24-4/h6-9,13,15H,5,10-12H2,1-4H3,(H,21,23)(H3,19,20,22). The van der Waals surface area contributed by atoms with Gasteiger partial charge >= 0.3 is 6.09 Å². The minimum absolute atomic E-state index is 0.131. The fourth-order valence-electron chi connectivity index (χ4n) is 2.40. The van der Waals surface area contributed by atoms with Gasteiger partial charge in [0, 0.05) is 18.4 Å². The van der Waals surface area contributed by atoms with Crippen molar-refractivity contribution in [2.24, 2.45) is 16.6 Å². The highest BCUT2D eigenvalue weighted by molar-refractivity contribution is 5.93. The average molecular weight is 350 g/mol. The monoisotopic (exact) mass is 350 g/mol. The maximum Gasteiger partial charge on any atom is 0.407 e. The Kier molecular flexibility index (Phi) is 9.39. The average Bonchev–Trinajstić information content (AvgIpc) is 2.54. The molecule has 1 aromatic carbocycles. The van der Waals surface area contributed by atoms with Crippen LogP contribution in [0.15, 0.2) is 29.3 Å². The molecule has 0 saturated carbocycles. The summed E-state index contributed by atoms with van der Waals surface area (Å²) in [6, 6.07) is 7.60. The van der Waals surface area contributed by atoms with Crippen molar-refractivity contribution in [3.05, 3.63) is 29.8 Å². The smallest absolute Gasteiger partial charge is 0.407 e. The zero-order chi connectivity index (χ0) is 18.7. The number of ether oxygens (including phenoxy) is 2. The number of para-hydroxylation sites is 1. The highest BCUT2D eigenvalue weighted by Crippen LogP contribution is 2.15. The van der Waals surface area contributed by atoms with Crippen molar-refractivity contribution in [3.8, 4) is 0 Å². The molecule has 0 aliphatic rings. The summed E-state index contributed by atoms with van der Waals surface area (Å²) in [6.07, 6.45) is 0.357. The van der Waals surface area contributed by atoms with Gasteiger partial charge < -0.3 is 25.8 Å². The molecule has 1 atom stereocenters. The van der Waals surface area contributed by atoms with E-state index in [2.05, 4.69) is 29.5 Å². The van der Waals surface area contributed by atoms with Gasteiger partial charge in [0.2, 0.25) is 0 Å². The summed E-state index contributed by atoms with van der Waals surface area (Å²) >= 11 is 0. The lowest BCUT2D eigenvalue weighted by Gasteiger charge is -2.19. The first-order chi connectivity index (χ1) is 12.0. The van der Waals surface area contributed by atoms with Gasteiger partial charge in [-0.3, -0.25) is 4.99 Å². The number of guanidine groups is 1. The second kappa shape index (κ2) is 11.3. The molecule has 0 bridgehead atoms. The Morgan fingerprint density at radius 3 is 2.68 bits per heavy atom. The van der Waals surface area contributed by atoms with Gasteiger partial charge in [-0.15, -0.1) is 0 Å². The molecule has 0 fully saturated rings. The number of nitrogens with one attached hydrogen (secondary N) is 2. The number of alkyl carbamates (subject to hydrolysis) is 1. The quantitative estimate of drug-likeness (QED) is 0.470. The molecule has 0 aromatic heterocycles. The van der Waals surface area contributed by atoms with Crippen LogP contribution in [0.2, 0.25) is 0 Å². The van der Waals surface area contributed by atoms with E-state index in [1.807, 2.05) is 24.3 Å². The molecule has 0 aliphatic carbocycles. The van der Waals surface area contributed by atoms with E-state index in [0.717, 1.165) is 17.7 Å². The van der Waals surface area contributed by atoms with Crippen molar-refractivity contribution in [2.75, 3.05) is 25.6 Å². The van der Waals surface area contributed by atoms with Crippen LogP contribution in [0.5, 0.6) is 0 Å². The maximum absolute atomic E-state index is 11.6. The number of carbonyl (C=O) groups excluding carboxylic acids is 1. The van der Waals surface area contributed by atoms with Crippen molar-refractivity contribution in [3.63, 3.8) is 0 Å². The number of nitrogens with zero attached hydrogens (tertiary/aromatic N) is 1. The van der Waals surface area contributed by atoms with Crippen molar-refractivity contribution >= 4 is 17.7 Å². The molecule has 140 valence electrons. The summed E-state index contributed by atoms with van der Waals surface area (Å²) in [4.78, 5) is 16.0. The number of hydrogen-bond donors (Lipinski definition) is 3. The molecule has 1 rings (SSSR count). The largest absolute Gasteiger partial charge is 0.450 e. The van der Waals surface area contributed by atoms with E-state index in [4.69, 9.17) is 15.2 Å². The predicted octanol–water partition coefficient (Wildman–Crippen LogP) is 2.72. The Hall–Kier alpha value is -2.28. The van der Waals surface area contributed by atoms with E-state index in [0.29, 0.717) is 31.6 Å². The highest BCUT2D eigenvalue weighted by atomic mass is 16.5. The van der Waals surface area contributed by atoms with Crippen LogP contribution < -0.4 is 16.4 Å². The number of nitrogens with two attached hydrogens (primary N) is 1. The second-order valence-electron chi connectivity index (χ2n) is 6.13. The third-order valence-electron chi connectivity index (χ3n) is 3.42. The van der Waals surface area contributed by atoms with Crippen LogP contribution in [-0.4, -0.2) is 38.4 Å². The first kappa shape index (κ1) is 20.8. The molecule has 0 radical (unpaired) electrons. The van der Waals surface area contributed by atoms with Crippen LogP contribution in [0.4, 0.5) is 10.5 Å². The number of hydrogen-bond acceptors (Lipinski definition) is 4. The summed E-state index contributed by atoms with van der Waals surface area (Å²) in [6.45, 7) is 7.15. The molecule has 1 amide bonds. The molecule has 7 nitrogen and oxygen atoms in total. The zero-order valence-corrected chi connectivity index (χ0v) is 15.5. The van der Waals surface area contributed by atoms with Gasteiger partial charge in [0.05, 0.1) is 25.8 Å². The summed E-state index contributed by atoms with van der Waals surface area (Å²) in [5.74, 6) is 0.710. The molecular weight excluding hydrogens is 320 g/mol. The lowest BCUT2D eigenvalue weighted by Crippen LogP contribution is -2.39. The predicted molar refractivity (Wildman–Crippen MR) is 101 cm³/mol. The third kappa shape index (κ3) is 8.39. The molecule has 0 spiro atoms. The second-order valence-corrected chi connectivity index (χ2v) is 6.13. The number of rotatable bonds is 9. The number of amides is 1. The Balaban J connectivity index is 2.70. The Morgan fingerprint density at radius 1 is 1.32 bits per heavy atom. The van der Waals surface area contributed by atoms with Crippen LogP contribution in [0, 0.1) is 5.92 Å². The Labute approximate surface area is 150 Å². The highest BCUT2D eigenvalue weighted by Gasteiger charge is 2.14. The third-order valence-corrected chi connectivity index (χ3v) is 3.42. The first-order valence-corrected chi connectivity index (χ1v) is 8.53. The Bertz CT molecular complexity index is 561. The van der Waals surface area contributed by atoms with Crippen molar-refractivity contribution in [1.29, 1.82) is 0 Å². The molecular formula is C18H30N4O3. The molecule has 1 unspecified atom stereocenters. The van der Waals surface area contributed by atoms with Crippen LogP contribution >= 0.6 is 0 Å². The van der Waals surface area contributed by atoms with E-state index < -0.39 is 6.09 Å². The van der Waals surface area contributed by atoms with Crippen molar-refractivity contribution in [2.45, 2.75) is 39.8 Å². The topological polar surface area (TPSA) is 98.0 Å². The first-order valence-electron chi connectivity index (χ1n) is 8.53. The summed E-state index contributed by atoms with van der Waals surface area (Å²) in [5, 5.41) is 5.91. The van der Waals surface area contributed by atoms with Gasteiger partial charge in [-0.1, -0.05) is 32.0 Å². The van der Waals surface area contributed by atoms with E-state index in [9.17, 15) is 4.79 Å². The molecule has 1 aromatic rings. The molecule has 0 saturated heterocycles. The van der Waals surface area contributed by atoms with Gasteiger partial charge in [-0.25, -0.2) is 4.79 Å². The van der Waals surface area contributed by atoms with Crippen LogP contribution in [0.3, 0.4) is 0 Å². The zero-order valence-electron chi connectivity index (χ0n) is 15.5. The summed E-state index contributed by atoms with van der Waals surface area (Å²) in [5.41, 5.74) is 7.84. The lowest BCUT2D eigenvalue weighted by atomic mass is 10.0. The number of aliphatic imine (C=N–C) groups is 1. The van der Waals surface area contributed by atoms with Gasteiger partial charge in [0.1, 0.15) is 0 Å². The number of carbonyl (C=O) groups is 1. The minimum atomic E-state index is -0.430. The van der Waals surface area contributed by atoms with Crippen LogP contribution in [0.1, 0.15) is 32.8 Å². The van der Waals surface area contributed by atoms with Gasteiger partial charge in [-0.2, -0.15) is 0 Å². The number of anilines is 1. The molecule has 0 heterocycles. The molecule has 0 aliphatic heterocycles. The fourth-order valence-corrected chi connectivity index (χ4v) is 2.40. The number of methoxy groups -OCH3 is 1. The van der Waals surface area contributed by atoms with Crippen LogP contribution in [0.25, 0.3) is 0 Å². The number of benzene rings is 1. The molecule has 25 heavy (non-hydrogen) atoms. The lowest BCUT2D eigenvalue weighted by molar-refractivity contribution is 0.147. The minimum Gasteiger partial charge on any atom is -0.450 e. The molecule has 7 heteroatoms. The molecule has 4 N–H and O–H groups in total. The maximum atomic E-state index is 11.6. The summed E-state index contributed by atoms with van der Waals surface area (Å²) in [7, 11) is 1.64. The van der Waals surface area contributed by atoms with Gasteiger partial charge in [0.25, 0.3) is 0 Å². The van der Waals surface area contributed by atoms with E-state index in [-0.39, 0.29) is 6.04 Å². The van der Waals surface area contributed by atoms with E-state index >= 15 is 0 Å². The van der Waals surface area contributed by atoms with E-state index in [1.165, 1.54) is 0 Å². The van der Waals surface area contributed by atoms with Gasteiger partial charge in [-0.05, 0) is 25.3 Å². The van der Waals surface area contributed by atoms with E-state index in [1.54, 1.807) is 14.0 Å². The van der Waals surface area contributed by atoms with Crippen LogP contribution in [-0.2, 0) is 16.1 Å². The Morgan fingerprint density at radius 2 is 2.04 bits per heavy atom. The van der Waals surface area contributed by atoms with Gasteiger partial charge in [0.15, 0.2) is 5.96 Å². The normalized spacial score (nSPS) is 12.8. The fraction of sp³-hybridized carbons (Fsp3) is 0.556. The summed E-state index contributed by atoms with van der Waals surface area (Å²) < 4.78 is 10.1.